The number of halogens is 2. The Bertz CT molecular complexity index is 1490. The van der Waals surface area contributed by atoms with Gasteiger partial charge in [-0.25, -0.2) is 9.97 Å². The van der Waals surface area contributed by atoms with Crippen molar-refractivity contribution in [2.75, 3.05) is 43.2 Å². The Labute approximate surface area is 252 Å². The van der Waals surface area contributed by atoms with Crippen molar-refractivity contribution in [2.45, 2.75) is 44.6 Å². The standard InChI is InChI=1S/C30H32ClFN4O5S/c1-35-8-11-41-24-13-19(16-33-28(24)35)22-5-2-20(31)15-23(22)26-27(32)42-30(34-26)36(21-3-4-21)29(39)18(14-25(37)38)12-17-6-9-40-10-7-17/h2,5,13,15-18,21H,3-4,6-12,14H2,1H3,(H,37,38). The van der Waals surface area contributed by atoms with Crippen LogP contribution >= 0.6 is 22.9 Å². The van der Waals surface area contributed by atoms with E-state index in [4.69, 9.17) is 21.1 Å². The summed E-state index contributed by atoms with van der Waals surface area (Å²) in [7, 11) is 1.95. The number of hydrogen-bond donors (Lipinski definition) is 1. The van der Waals surface area contributed by atoms with E-state index in [2.05, 4.69) is 9.97 Å². The van der Waals surface area contributed by atoms with Gasteiger partial charge in [0.25, 0.3) is 0 Å². The molecule has 0 bridgehead atoms. The van der Waals surface area contributed by atoms with E-state index in [-0.39, 0.29) is 35.1 Å². The summed E-state index contributed by atoms with van der Waals surface area (Å²) >= 11 is 7.18. The lowest BCUT2D eigenvalue weighted by atomic mass is 9.86. The summed E-state index contributed by atoms with van der Waals surface area (Å²) < 4.78 is 27.0. The largest absolute Gasteiger partial charge is 0.488 e. The van der Waals surface area contributed by atoms with Crippen molar-refractivity contribution < 1.29 is 28.6 Å². The maximum Gasteiger partial charge on any atom is 0.304 e. The number of ether oxygens (including phenoxy) is 2. The van der Waals surface area contributed by atoms with Gasteiger partial charge in [-0.05, 0) is 61.8 Å². The molecule has 1 saturated heterocycles. The van der Waals surface area contributed by atoms with Crippen molar-refractivity contribution in [3.63, 3.8) is 0 Å². The van der Waals surface area contributed by atoms with Gasteiger partial charge in [0, 0.05) is 54.6 Å². The predicted molar refractivity (Wildman–Crippen MR) is 159 cm³/mol. The number of anilines is 2. The first-order valence-electron chi connectivity index (χ1n) is 14.2. The predicted octanol–water partition coefficient (Wildman–Crippen LogP) is 5.90. The number of carbonyl (C=O) groups excluding carboxylic acids is 1. The second-order valence-electron chi connectivity index (χ2n) is 11.2. The molecule has 222 valence electrons. The van der Waals surface area contributed by atoms with E-state index >= 15 is 4.39 Å². The minimum atomic E-state index is -1.03. The van der Waals surface area contributed by atoms with Gasteiger partial charge in [0.15, 0.2) is 16.7 Å². The number of aromatic nitrogens is 2. The molecule has 1 saturated carbocycles. The van der Waals surface area contributed by atoms with Gasteiger partial charge in [0.2, 0.25) is 11.0 Å². The Morgan fingerprint density at radius 3 is 2.71 bits per heavy atom. The van der Waals surface area contributed by atoms with E-state index in [0.717, 1.165) is 54.9 Å². The zero-order valence-electron chi connectivity index (χ0n) is 23.2. The third-order valence-corrected chi connectivity index (χ3v) is 9.16. The molecule has 4 heterocycles. The fourth-order valence-corrected chi connectivity index (χ4v) is 6.79. The van der Waals surface area contributed by atoms with Gasteiger partial charge in [-0.3, -0.25) is 14.5 Å². The number of benzene rings is 1. The molecule has 2 aliphatic heterocycles. The second-order valence-corrected chi connectivity index (χ2v) is 12.5. The summed E-state index contributed by atoms with van der Waals surface area (Å²) in [6, 6.07) is 6.94. The minimum absolute atomic E-state index is 0.0842. The number of aliphatic carboxylic acids is 1. The average molecular weight is 615 g/mol. The highest BCUT2D eigenvalue weighted by Gasteiger charge is 2.40. The topological polar surface area (TPSA) is 105 Å². The molecule has 2 aromatic heterocycles. The first-order chi connectivity index (χ1) is 20.3. The molecular weight excluding hydrogens is 583 g/mol. The average Bonchev–Trinajstić information content (AvgIpc) is 3.73. The van der Waals surface area contributed by atoms with E-state index in [9.17, 15) is 14.7 Å². The van der Waals surface area contributed by atoms with Crippen LogP contribution in [0.15, 0.2) is 30.5 Å². The van der Waals surface area contributed by atoms with E-state index < -0.39 is 17.0 Å². The van der Waals surface area contributed by atoms with Crippen LogP contribution in [-0.2, 0) is 14.3 Å². The Morgan fingerprint density at radius 1 is 1.19 bits per heavy atom. The monoisotopic (exact) mass is 614 g/mol. The van der Waals surface area contributed by atoms with Gasteiger partial charge in [-0.2, -0.15) is 4.39 Å². The molecule has 1 unspecified atom stereocenters. The molecule has 0 spiro atoms. The number of hydrogen-bond acceptors (Lipinski definition) is 8. The number of carboxylic acids is 1. The molecule has 3 aliphatic rings. The van der Waals surface area contributed by atoms with Crippen molar-refractivity contribution in [3.8, 4) is 28.1 Å². The van der Waals surface area contributed by atoms with Crippen LogP contribution in [0.4, 0.5) is 15.3 Å². The Morgan fingerprint density at radius 2 is 1.98 bits per heavy atom. The van der Waals surface area contributed by atoms with Gasteiger partial charge in [-0.15, -0.1) is 0 Å². The molecular formula is C30H32ClFN4O5S. The summed E-state index contributed by atoms with van der Waals surface area (Å²) in [6.45, 7) is 2.48. The lowest BCUT2D eigenvalue weighted by molar-refractivity contribution is -0.141. The fourth-order valence-electron chi connectivity index (χ4n) is 5.73. The van der Waals surface area contributed by atoms with Gasteiger partial charge in [0.1, 0.15) is 12.3 Å². The quantitative estimate of drug-likeness (QED) is 0.318. The molecule has 1 aliphatic carbocycles. The van der Waals surface area contributed by atoms with E-state index in [0.29, 0.717) is 48.1 Å². The molecule has 2 fully saturated rings. The van der Waals surface area contributed by atoms with Crippen LogP contribution in [0.1, 0.15) is 38.5 Å². The number of thiazole rings is 1. The van der Waals surface area contributed by atoms with E-state index in [1.165, 1.54) is 0 Å². The van der Waals surface area contributed by atoms with Crippen molar-refractivity contribution in [2.24, 2.45) is 11.8 Å². The van der Waals surface area contributed by atoms with Gasteiger partial charge < -0.3 is 19.5 Å². The first-order valence-corrected chi connectivity index (χ1v) is 15.4. The van der Waals surface area contributed by atoms with Crippen LogP contribution in [0.25, 0.3) is 22.4 Å². The summed E-state index contributed by atoms with van der Waals surface area (Å²) in [4.78, 5) is 38.5. The van der Waals surface area contributed by atoms with Crippen molar-refractivity contribution >= 4 is 45.8 Å². The SMILES string of the molecule is CN1CCOc2cc(-c3ccc(Cl)cc3-c3nc(N(C(=O)C(CC(=O)O)CC4CCOCC4)C4CC4)sc3F)cnc21. The van der Waals surface area contributed by atoms with Crippen LogP contribution in [0.5, 0.6) is 5.75 Å². The number of likely N-dealkylation sites (N-methyl/N-ethyl adjacent to an activating group) is 1. The van der Waals surface area contributed by atoms with Crippen molar-refractivity contribution in [1.82, 2.24) is 9.97 Å². The summed E-state index contributed by atoms with van der Waals surface area (Å²) in [5.74, 6) is -0.473. The third kappa shape index (κ3) is 6.09. The highest BCUT2D eigenvalue weighted by Crippen LogP contribution is 2.43. The number of carboxylic acid groups (broad SMARTS) is 1. The lowest BCUT2D eigenvalue weighted by Gasteiger charge is -2.29. The number of rotatable bonds is 9. The van der Waals surface area contributed by atoms with E-state index in [1.807, 2.05) is 18.0 Å². The first kappa shape index (κ1) is 28.8. The highest BCUT2D eigenvalue weighted by atomic mass is 35.5. The number of amides is 1. The maximum atomic E-state index is 15.8. The van der Waals surface area contributed by atoms with Crippen LogP contribution in [0, 0.1) is 17.0 Å². The normalized spacial score (nSPS) is 17.8. The van der Waals surface area contributed by atoms with Crippen LogP contribution in [0.3, 0.4) is 0 Å². The summed E-state index contributed by atoms with van der Waals surface area (Å²) in [6.07, 6.45) is 5.00. The number of carbonyl (C=O) groups is 2. The van der Waals surface area contributed by atoms with Crippen LogP contribution in [-0.4, -0.2) is 66.4 Å². The Kier molecular flexibility index (Phi) is 8.33. The molecule has 1 aromatic carbocycles. The van der Waals surface area contributed by atoms with Crippen molar-refractivity contribution in [1.29, 1.82) is 0 Å². The van der Waals surface area contributed by atoms with Gasteiger partial charge >= 0.3 is 5.97 Å². The molecule has 12 heteroatoms. The van der Waals surface area contributed by atoms with E-state index in [1.54, 1.807) is 29.3 Å². The number of pyridine rings is 1. The molecule has 3 aromatic rings. The Hall–Kier alpha value is -3.28. The van der Waals surface area contributed by atoms with Crippen LogP contribution in [0.2, 0.25) is 5.02 Å². The van der Waals surface area contributed by atoms with Crippen LogP contribution < -0.4 is 14.5 Å². The molecule has 9 nitrogen and oxygen atoms in total. The maximum absolute atomic E-state index is 15.8. The van der Waals surface area contributed by atoms with Crippen molar-refractivity contribution in [3.05, 3.63) is 40.6 Å². The minimum Gasteiger partial charge on any atom is -0.488 e. The second kappa shape index (κ2) is 12.1. The fraction of sp³-hybridized carbons (Fsp3) is 0.467. The van der Waals surface area contributed by atoms with Gasteiger partial charge in [-0.1, -0.05) is 29.0 Å². The molecule has 1 N–H and O–H groups in total. The molecule has 0 radical (unpaired) electrons. The molecule has 42 heavy (non-hydrogen) atoms. The molecule has 1 amide bonds. The summed E-state index contributed by atoms with van der Waals surface area (Å²) in [5.41, 5.74) is 1.95. The molecule has 1 atom stereocenters. The summed E-state index contributed by atoms with van der Waals surface area (Å²) in [5, 5.41) is 9.72. The third-order valence-electron chi connectivity index (χ3n) is 8.09. The lowest BCUT2D eigenvalue weighted by Crippen LogP contribution is -2.40. The zero-order chi connectivity index (χ0) is 29.4. The zero-order valence-corrected chi connectivity index (χ0v) is 24.8. The van der Waals surface area contributed by atoms with Gasteiger partial charge in [0.05, 0.1) is 13.0 Å². The number of fused-ring (bicyclic) bond motifs is 1. The highest BCUT2D eigenvalue weighted by molar-refractivity contribution is 7.14. The number of nitrogens with zero attached hydrogens (tertiary/aromatic N) is 4. The molecule has 6 rings (SSSR count). The Balaban J connectivity index is 1.34. The smallest absolute Gasteiger partial charge is 0.304 e.